The van der Waals surface area contributed by atoms with E-state index in [0.717, 1.165) is 5.57 Å². The molecule has 0 spiro atoms. The van der Waals surface area contributed by atoms with Crippen LogP contribution in [-0.2, 0) is 9.53 Å². The first-order valence-corrected chi connectivity index (χ1v) is 7.81. The molecule has 0 heterocycles. The second kappa shape index (κ2) is 7.25. The van der Waals surface area contributed by atoms with Crippen molar-refractivity contribution < 1.29 is 24.2 Å². The summed E-state index contributed by atoms with van der Waals surface area (Å²) in [5, 5.41) is 9.20. The van der Waals surface area contributed by atoms with Crippen LogP contribution in [-0.4, -0.2) is 28.7 Å². The third-order valence-corrected chi connectivity index (χ3v) is 3.79. The number of carboxylic acid groups (broad SMARTS) is 1. The Kier molecular flexibility index (Phi) is 5.34. The Hall–Kier alpha value is -2.69. The summed E-state index contributed by atoms with van der Waals surface area (Å²) >= 11 is 0. The van der Waals surface area contributed by atoms with Crippen LogP contribution in [0.4, 0.5) is 0 Å². The number of ketones is 2. The molecule has 0 fully saturated rings. The van der Waals surface area contributed by atoms with Gasteiger partial charge in [-0.05, 0) is 26.7 Å². The third-order valence-electron chi connectivity index (χ3n) is 3.79. The molecule has 0 bridgehead atoms. The molecule has 1 aromatic carbocycles. The lowest BCUT2D eigenvalue weighted by Gasteiger charge is -2.23. The van der Waals surface area contributed by atoms with E-state index in [1.807, 2.05) is 19.9 Å². The van der Waals surface area contributed by atoms with E-state index >= 15 is 0 Å². The van der Waals surface area contributed by atoms with Crippen LogP contribution in [0.1, 0.15) is 54.3 Å². The minimum atomic E-state index is -1.16. The fraction of sp³-hybridized carbons (Fsp3) is 0.316. The molecule has 1 atom stereocenters. The number of fused-ring (bicyclic) bond motifs is 1. The summed E-state index contributed by atoms with van der Waals surface area (Å²) in [6, 6.07) is 6.51. The summed E-state index contributed by atoms with van der Waals surface area (Å²) in [4.78, 5) is 36.8. The molecule has 0 radical (unpaired) electrons. The number of hydrogen-bond donors (Lipinski definition) is 1. The molecule has 1 N–H and O–H groups in total. The van der Waals surface area contributed by atoms with Gasteiger partial charge in [0.05, 0.1) is 5.57 Å². The van der Waals surface area contributed by atoms with Crippen molar-refractivity contribution in [2.75, 3.05) is 0 Å². The van der Waals surface area contributed by atoms with Crippen LogP contribution < -0.4 is 0 Å². The van der Waals surface area contributed by atoms with Crippen molar-refractivity contribution in [2.24, 2.45) is 0 Å². The molecule has 1 aliphatic rings. The molecule has 2 rings (SSSR count). The standard InChI is InChI=1S/C19H20O5/c1-4-15(19(22)23)24-18-14(10-9-11(2)3)16(20)12-7-5-6-8-13(12)17(18)21/h5-9,15H,4,10H2,1-3H3,(H,22,23). The monoisotopic (exact) mass is 328 g/mol. The summed E-state index contributed by atoms with van der Waals surface area (Å²) in [5.74, 6) is -2.05. The lowest BCUT2D eigenvalue weighted by molar-refractivity contribution is -0.147. The molecular weight excluding hydrogens is 308 g/mol. The summed E-state index contributed by atoms with van der Waals surface area (Å²) < 4.78 is 5.47. The number of ether oxygens (including phenoxy) is 1. The zero-order chi connectivity index (χ0) is 17.9. The maximum absolute atomic E-state index is 12.8. The van der Waals surface area contributed by atoms with Gasteiger partial charge in [-0.15, -0.1) is 0 Å². The van der Waals surface area contributed by atoms with E-state index in [1.165, 1.54) is 0 Å². The number of Topliss-reactive ketones (excluding diaryl/α,β-unsaturated/α-hetero) is 2. The molecule has 5 heteroatoms. The lowest BCUT2D eigenvalue weighted by Crippen LogP contribution is -2.30. The number of carboxylic acids is 1. The van der Waals surface area contributed by atoms with E-state index in [-0.39, 0.29) is 35.5 Å². The first kappa shape index (κ1) is 17.7. The van der Waals surface area contributed by atoms with Gasteiger partial charge in [-0.3, -0.25) is 9.59 Å². The second-order valence-electron chi connectivity index (χ2n) is 5.85. The molecule has 1 unspecified atom stereocenters. The van der Waals surface area contributed by atoms with Gasteiger partial charge < -0.3 is 9.84 Å². The Morgan fingerprint density at radius 3 is 2.25 bits per heavy atom. The number of carbonyl (C=O) groups excluding carboxylic acids is 2. The largest absolute Gasteiger partial charge is 0.479 e. The first-order valence-electron chi connectivity index (χ1n) is 7.81. The van der Waals surface area contributed by atoms with Crippen LogP contribution >= 0.6 is 0 Å². The van der Waals surface area contributed by atoms with Gasteiger partial charge in [-0.25, -0.2) is 4.79 Å². The molecule has 0 saturated heterocycles. The summed E-state index contributed by atoms with van der Waals surface area (Å²) in [6.45, 7) is 5.42. The average Bonchev–Trinajstić information content (AvgIpc) is 2.55. The van der Waals surface area contributed by atoms with Crippen LogP contribution in [0.3, 0.4) is 0 Å². The second-order valence-corrected chi connectivity index (χ2v) is 5.85. The minimum absolute atomic E-state index is 0.148. The zero-order valence-corrected chi connectivity index (χ0v) is 14.0. The van der Waals surface area contributed by atoms with Gasteiger partial charge in [0.2, 0.25) is 5.78 Å². The van der Waals surface area contributed by atoms with Gasteiger partial charge in [-0.2, -0.15) is 0 Å². The van der Waals surface area contributed by atoms with Gasteiger partial charge in [0.1, 0.15) is 0 Å². The van der Waals surface area contributed by atoms with E-state index in [1.54, 1.807) is 31.2 Å². The Labute approximate surface area is 140 Å². The van der Waals surface area contributed by atoms with Crippen LogP contribution in [0.15, 0.2) is 47.2 Å². The number of carbonyl (C=O) groups is 3. The van der Waals surface area contributed by atoms with Gasteiger partial charge >= 0.3 is 5.97 Å². The number of benzene rings is 1. The molecule has 126 valence electrons. The molecule has 1 aromatic rings. The van der Waals surface area contributed by atoms with Gasteiger partial charge in [-0.1, -0.05) is 42.8 Å². The summed E-state index contributed by atoms with van der Waals surface area (Å²) in [6.07, 6.45) is 1.08. The molecule has 0 aliphatic heterocycles. The van der Waals surface area contributed by atoms with Crippen LogP contribution in [0.5, 0.6) is 0 Å². The third kappa shape index (κ3) is 3.45. The molecule has 0 saturated carbocycles. The molecule has 24 heavy (non-hydrogen) atoms. The summed E-state index contributed by atoms with van der Waals surface area (Å²) in [5.41, 5.74) is 1.78. The van der Waals surface area contributed by atoms with E-state index in [2.05, 4.69) is 0 Å². The van der Waals surface area contributed by atoms with E-state index in [9.17, 15) is 19.5 Å². The Morgan fingerprint density at radius 1 is 1.17 bits per heavy atom. The van der Waals surface area contributed by atoms with Crippen molar-refractivity contribution in [3.05, 3.63) is 58.4 Å². The minimum Gasteiger partial charge on any atom is -0.479 e. The number of rotatable bonds is 6. The Morgan fingerprint density at radius 2 is 1.75 bits per heavy atom. The zero-order valence-electron chi connectivity index (χ0n) is 14.0. The van der Waals surface area contributed by atoms with Crippen LogP contribution in [0.25, 0.3) is 0 Å². The molecular formula is C19H20O5. The Balaban J connectivity index is 2.54. The van der Waals surface area contributed by atoms with Gasteiger partial charge in [0, 0.05) is 11.1 Å². The molecule has 1 aliphatic carbocycles. The van der Waals surface area contributed by atoms with E-state index in [4.69, 9.17) is 4.74 Å². The smallest absolute Gasteiger partial charge is 0.344 e. The maximum Gasteiger partial charge on any atom is 0.344 e. The van der Waals surface area contributed by atoms with E-state index in [0.29, 0.717) is 5.56 Å². The highest BCUT2D eigenvalue weighted by molar-refractivity contribution is 6.26. The normalized spacial score (nSPS) is 15.0. The molecule has 0 aromatic heterocycles. The van der Waals surface area contributed by atoms with Gasteiger partial charge in [0.25, 0.3) is 0 Å². The van der Waals surface area contributed by atoms with E-state index < -0.39 is 17.9 Å². The van der Waals surface area contributed by atoms with Crippen molar-refractivity contribution in [1.29, 1.82) is 0 Å². The summed E-state index contributed by atoms with van der Waals surface area (Å²) in [7, 11) is 0. The van der Waals surface area contributed by atoms with Crippen molar-refractivity contribution in [1.82, 2.24) is 0 Å². The molecule has 0 amide bonds. The molecule has 5 nitrogen and oxygen atoms in total. The highest BCUT2D eigenvalue weighted by Crippen LogP contribution is 2.30. The van der Waals surface area contributed by atoms with Crippen molar-refractivity contribution in [2.45, 2.75) is 39.7 Å². The first-order chi connectivity index (χ1) is 11.4. The highest BCUT2D eigenvalue weighted by atomic mass is 16.5. The number of hydrogen-bond acceptors (Lipinski definition) is 4. The number of aliphatic carboxylic acids is 1. The SMILES string of the molecule is CCC(OC1=C(CC=C(C)C)C(=O)c2ccccc2C1=O)C(=O)O. The quantitative estimate of drug-likeness (QED) is 0.808. The van der Waals surface area contributed by atoms with Crippen molar-refractivity contribution in [3.63, 3.8) is 0 Å². The van der Waals surface area contributed by atoms with Crippen LogP contribution in [0, 0.1) is 0 Å². The number of allylic oxidation sites excluding steroid dienone is 4. The predicted molar refractivity (Wildman–Crippen MR) is 89.0 cm³/mol. The average molecular weight is 328 g/mol. The van der Waals surface area contributed by atoms with Crippen LogP contribution in [0.2, 0.25) is 0 Å². The fourth-order valence-corrected chi connectivity index (χ4v) is 2.47. The predicted octanol–water partition coefficient (Wildman–Crippen LogP) is 3.56. The van der Waals surface area contributed by atoms with Crippen molar-refractivity contribution >= 4 is 17.5 Å². The fourth-order valence-electron chi connectivity index (χ4n) is 2.47. The lowest BCUT2D eigenvalue weighted by atomic mass is 9.86. The van der Waals surface area contributed by atoms with Crippen molar-refractivity contribution in [3.8, 4) is 0 Å². The Bertz CT molecular complexity index is 751. The topological polar surface area (TPSA) is 80.7 Å². The highest BCUT2D eigenvalue weighted by Gasteiger charge is 2.35. The maximum atomic E-state index is 12.8. The van der Waals surface area contributed by atoms with Gasteiger partial charge in [0.15, 0.2) is 17.6 Å².